The first-order valence-corrected chi connectivity index (χ1v) is 9.31. The van der Waals surface area contributed by atoms with Gasteiger partial charge >= 0.3 is 0 Å². The summed E-state index contributed by atoms with van der Waals surface area (Å²) < 4.78 is 2.07. The molecule has 0 aliphatic heterocycles. The van der Waals surface area contributed by atoms with Crippen molar-refractivity contribution >= 4 is 11.6 Å². The summed E-state index contributed by atoms with van der Waals surface area (Å²) in [4.78, 5) is 6.67. The van der Waals surface area contributed by atoms with E-state index >= 15 is 0 Å². The SMILES string of the molecule is CCc1nncn1CCNC(=NC)NCCN(CC)c1ccccc1C. The van der Waals surface area contributed by atoms with E-state index in [9.17, 15) is 0 Å². The van der Waals surface area contributed by atoms with E-state index in [1.807, 2.05) is 0 Å². The van der Waals surface area contributed by atoms with Gasteiger partial charge in [-0.3, -0.25) is 4.99 Å². The molecule has 0 unspecified atom stereocenters. The Morgan fingerprint density at radius 3 is 2.65 bits per heavy atom. The lowest BCUT2D eigenvalue weighted by Crippen LogP contribution is -2.42. The van der Waals surface area contributed by atoms with Gasteiger partial charge in [0.1, 0.15) is 12.2 Å². The third-order valence-corrected chi connectivity index (χ3v) is 4.39. The molecular formula is C19H31N7. The molecule has 0 spiro atoms. The maximum atomic E-state index is 4.30. The number of nitrogens with one attached hydrogen (secondary N) is 2. The summed E-state index contributed by atoms with van der Waals surface area (Å²) in [5.74, 6) is 1.82. The van der Waals surface area contributed by atoms with Crippen molar-refractivity contribution in [1.82, 2.24) is 25.4 Å². The Morgan fingerprint density at radius 2 is 1.96 bits per heavy atom. The fraction of sp³-hybridized carbons (Fsp3) is 0.526. The van der Waals surface area contributed by atoms with Crippen LogP contribution in [0, 0.1) is 6.92 Å². The first kappa shape index (κ1) is 19.8. The highest BCUT2D eigenvalue weighted by molar-refractivity contribution is 5.79. The highest BCUT2D eigenvalue weighted by Gasteiger charge is 2.07. The van der Waals surface area contributed by atoms with Crippen LogP contribution in [0.25, 0.3) is 0 Å². The molecule has 1 heterocycles. The standard InChI is InChI=1S/C19H31N7/c1-5-18-24-23-15-26(18)14-12-22-19(20-4)21-11-13-25(6-2)17-10-8-7-9-16(17)3/h7-10,15H,5-6,11-14H2,1-4H3,(H2,20,21,22). The van der Waals surface area contributed by atoms with Gasteiger partial charge in [-0.25, -0.2) is 0 Å². The fourth-order valence-corrected chi connectivity index (χ4v) is 2.93. The quantitative estimate of drug-likeness (QED) is 0.529. The second-order valence-electron chi connectivity index (χ2n) is 6.09. The fourth-order valence-electron chi connectivity index (χ4n) is 2.93. The lowest BCUT2D eigenvalue weighted by molar-refractivity contribution is 0.631. The molecule has 0 amide bonds. The van der Waals surface area contributed by atoms with Crippen molar-refractivity contribution in [3.05, 3.63) is 42.0 Å². The lowest BCUT2D eigenvalue weighted by atomic mass is 10.2. The van der Waals surface area contributed by atoms with Crippen molar-refractivity contribution in [2.45, 2.75) is 33.7 Å². The number of guanidine groups is 1. The first-order valence-electron chi connectivity index (χ1n) is 9.31. The van der Waals surface area contributed by atoms with E-state index in [2.05, 4.69) is 80.3 Å². The molecule has 0 saturated heterocycles. The number of aryl methyl sites for hydroxylation is 2. The van der Waals surface area contributed by atoms with Gasteiger partial charge in [-0.15, -0.1) is 10.2 Å². The summed E-state index contributed by atoms with van der Waals surface area (Å²) in [6, 6.07) is 8.50. The number of hydrogen-bond donors (Lipinski definition) is 2. The second-order valence-corrected chi connectivity index (χ2v) is 6.09. The van der Waals surface area contributed by atoms with Crippen LogP contribution in [0.1, 0.15) is 25.2 Å². The zero-order valence-electron chi connectivity index (χ0n) is 16.4. The van der Waals surface area contributed by atoms with Gasteiger partial charge in [-0.1, -0.05) is 25.1 Å². The van der Waals surface area contributed by atoms with Crippen LogP contribution in [0.4, 0.5) is 5.69 Å². The van der Waals surface area contributed by atoms with Crippen LogP contribution in [-0.4, -0.2) is 54.0 Å². The molecule has 2 aromatic rings. The number of para-hydroxylation sites is 1. The van der Waals surface area contributed by atoms with Crippen molar-refractivity contribution in [3.8, 4) is 0 Å². The largest absolute Gasteiger partial charge is 0.370 e. The van der Waals surface area contributed by atoms with Gasteiger partial charge in [0.2, 0.25) is 0 Å². The molecule has 142 valence electrons. The first-order chi connectivity index (χ1) is 12.7. The molecule has 0 bridgehead atoms. The molecule has 1 aromatic heterocycles. The van der Waals surface area contributed by atoms with E-state index < -0.39 is 0 Å². The number of nitrogens with zero attached hydrogens (tertiary/aromatic N) is 5. The zero-order chi connectivity index (χ0) is 18.8. The van der Waals surface area contributed by atoms with Crippen LogP contribution < -0.4 is 15.5 Å². The van der Waals surface area contributed by atoms with Gasteiger partial charge in [0.25, 0.3) is 0 Å². The lowest BCUT2D eigenvalue weighted by Gasteiger charge is -2.25. The Balaban J connectivity index is 1.77. The molecule has 1 aromatic carbocycles. The van der Waals surface area contributed by atoms with E-state index in [-0.39, 0.29) is 0 Å². The topological polar surface area (TPSA) is 70.4 Å². The summed E-state index contributed by atoms with van der Waals surface area (Å²) in [5.41, 5.74) is 2.59. The van der Waals surface area contributed by atoms with Crippen LogP contribution in [0.3, 0.4) is 0 Å². The van der Waals surface area contributed by atoms with E-state index in [0.29, 0.717) is 0 Å². The number of likely N-dealkylation sites (N-methyl/N-ethyl adjacent to an activating group) is 1. The summed E-state index contributed by atoms with van der Waals surface area (Å²) in [5, 5.41) is 14.8. The number of hydrogen-bond acceptors (Lipinski definition) is 4. The minimum atomic E-state index is 0.778. The van der Waals surface area contributed by atoms with Gasteiger partial charge in [-0.2, -0.15) is 0 Å². The third-order valence-electron chi connectivity index (χ3n) is 4.39. The molecule has 0 radical (unpaired) electrons. The van der Waals surface area contributed by atoms with Crippen LogP contribution >= 0.6 is 0 Å². The highest BCUT2D eigenvalue weighted by Crippen LogP contribution is 2.18. The number of rotatable bonds is 9. The van der Waals surface area contributed by atoms with Crippen molar-refractivity contribution in [1.29, 1.82) is 0 Å². The van der Waals surface area contributed by atoms with Gasteiger partial charge < -0.3 is 20.1 Å². The Morgan fingerprint density at radius 1 is 1.19 bits per heavy atom. The molecule has 0 aliphatic carbocycles. The molecule has 0 saturated carbocycles. The van der Waals surface area contributed by atoms with Crippen LogP contribution in [-0.2, 0) is 13.0 Å². The minimum Gasteiger partial charge on any atom is -0.370 e. The Bertz CT molecular complexity index is 693. The van der Waals surface area contributed by atoms with Gasteiger partial charge in [0, 0.05) is 51.9 Å². The predicted octanol–water partition coefficient (Wildman–Crippen LogP) is 1.84. The van der Waals surface area contributed by atoms with Crippen LogP contribution in [0.15, 0.2) is 35.6 Å². The number of benzene rings is 1. The van der Waals surface area contributed by atoms with Crippen molar-refractivity contribution in [3.63, 3.8) is 0 Å². The highest BCUT2D eigenvalue weighted by atomic mass is 15.3. The van der Waals surface area contributed by atoms with E-state index in [1.54, 1.807) is 13.4 Å². The van der Waals surface area contributed by atoms with Gasteiger partial charge in [0.05, 0.1) is 0 Å². The average molecular weight is 358 g/mol. The van der Waals surface area contributed by atoms with Crippen molar-refractivity contribution < 1.29 is 0 Å². The monoisotopic (exact) mass is 357 g/mol. The molecule has 2 N–H and O–H groups in total. The van der Waals surface area contributed by atoms with Crippen molar-refractivity contribution in [2.24, 2.45) is 4.99 Å². The molecule has 0 atom stereocenters. The van der Waals surface area contributed by atoms with Crippen molar-refractivity contribution in [2.75, 3.05) is 38.1 Å². The summed E-state index contributed by atoms with van der Waals surface area (Å²) in [6.07, 6.45) is 2.66. The molecule has 0 fully saturated rings. The minimum absolute atomic E-state index is 0.778. The number of aliphatic imine (C=N–C) groups is 1. The molecule has 7 nitrogen and oxygen atoms in total. The molecule has 0 aliphatic rings. The molecular weight excluding hydrogens is 326 g/mol. The average Bonchev–Trinajstić information content (AvgIpc) is 3.12. The maximum absolute atomic E-state index is 4.30. The summed E-state index contributed by atoms with van der Waals surface area (Å²) in [6.45, 7) is 10.8. The zero-order valence-corrected chi connectivity index (χ0v) is 16.4. The summed E-state index contributed by atoms with van der Waals surface area (Å²) >= 11 is 0. The Hall–Kier alpha value is -2.57. The van der Waals surface area contributed by atoms with Crippen LogP contribution in [0.2, 0.25) is 0 Å². The number of aromatic nitrogens is 3. The molecule has 2 rings (SSSR count). The predicted molar refractivity (Wildman–Crippen MR) is 108 cm³/mol. The van der Waals surface area contributed by atoms with Gasteiger partial charge in [-0.05, 0) is 25.5 Å². The second kappa shape index (κ2) is 10.4. The van der Waals surface area contributed by atoms with Gasteiger partial charge in [0.15, 0.2) is 5.96 Å². The normalized spacial score (nSPS) is 11.5. The van der Waals surface area contributed by atoms with Crippen LogP contribution in [0.5, 0.6) is 0 Å². The third kappa shape index (κ3) is 5.47. The molecule has 26 heavy (non-hydrogen) atoms. The smallest absolute Gasteiger partial charge is 0.191 e. The van der Waals surface area contributed by atoms with E-state index in [1.165, 1.54) is 11.3 Å². The maximum Gasteiger partial charge on any atom is 0.191 e. The van der Waals surface area contributed by atoms with E-state index in [0.717, 1.165) is 50.9 Å². The molecule has 7 heteroatoms. The Labute approximate surface area is 156 Å². The van der Waals surface area contributed by atoms with E-state index in [4.69, 9.17) is 0 Å². The Kier molecular flexibility index (Phi) is 7.92. The number of anilines is 1. The summed E-state index contributed by atoms with van der Waals surface area (Å²) in [7, 11) is 1.80.